The van der Waals surface area contributed by atoms with E-state index < -0.39 is 0 Å². The van der Waals surface area contributed by atoms with Gasteiger partial charge in [-0.2, -0.15) is 5.26 Å². The van der Waals surface area contributed by atoms with Crippen molar-refractivity contribution in [1.29, 1.82) is 5.26 Å². The van der Waals surface area contributed by atoms with Gasteiger partial charge in [0.25, 0.3) is 0 Å². The summed E-state index contributed by atoms with van der Waals surface area (Å²) in [6.07, 6.45) is 6.23. The van der Waals surface area contributed by atoms with Crippen molar-refractivity contribution in [2.24, 2.45) is 0 Å². The molecule has 176 valence electrons. The van der Waals surface area contributed by atoms with Crippen LogP contribution in [0, 0.1) is 18.3 Å². The molecule has 1 amide bonds. The number of carbonyl (C=O) groups excluding carboxylic acids is 1. The summed E-state index contributed by atoms with van der Waals surface area (Å²) in [4.78, 5) is 15.6. The fourth-order valence-electron chi connectivity index (χ4n) is 4.77. The van der Waals surface area contributed by atoms with Crippen LogP contribution in [0.1, 0.15) is 74.2 Å². The molecular weight excluding hydrogens is 410 g/mol. The molecule has 0 aromatic heterocycles. The molecule has 33 heavy (non-hydrogen) atoms. The first-order chi connectivity index (χ1) is 16.1. The summed E-state index contributed by atoms with van der Waals surface area (Å²) < 4.78 is 5.71. The third-order valence-corrected chi connectivity index (χ3v) is 6.32. The van der Waals surface area contributed by atoms with Gasteiger partial charge >= 0.3 is 0 Å². The molecule has 1 N–H and O–H groups in total. The molecule has 0 bridgehead atoms. The van der Waals surface area contributed by atoms with Crippen molar-refractivity contribution >= 4 is 11.6 Å². The monoisotopic (exact) mass is 447 g/mol. The van der Waals surface area contributed by atoms with Crippen LogP contribution in [0.5, 0.6) is 5.75 Å². The van der Waals surface area contributed by atoms with E-state index in [1.165, 1.54) is 36.1 Å². The number of nitriles is 1. The van der Waals surface area contributed by atoms with E-state index in [2.05, 4.69) is 48.3 Å². The lowest BCUT2D eigenvalue weighted by Crippen LogP contribution is -2.34. The number of amides is 1. The molecule has 0 aliphatic carbocycles. The highest BCUT2D eigenvalue weighted by atomic mass is 16.5. The molecule has 2 aromatic carbocycles. The van der Waals surface area contributed by atoms with E-state index in [1.807, 2.05) is 25.1 Å². The SMILES string of the molecule is CCCC(NC(=O)Cc1ccc(CC#N)c(OCC)c1)c1c(C)cccc1N1CCCCC1. The van der Waals surface area contributed by atoms with Gasteiger partial charge in [0.1, 0.15) is 5.75 Å². The van der Waals surface area contributed by atoms with Crippen LogP contribution in [0.3, 0.4) is 0 Å². The van der Waals surface area contributed by atoms with E-state index in [9.17, 15) is 4.79 Å². The number of hydrogen-bond donors (Lipinski definition) is 1. The van der Waals surface area contributed by atoms with Gasteiger partial charge in [-0.3, -0.25) is 4.79 Å². The molecule has 2 aromatic rings. The molecule has 1 aliphatic heterocycles. The number of rotatable bonds is 10. The molecule has 0 saturated carbocycles. The summed E-state index contributed by atoms with van der Waals surface area (Å²) in [5.41, 5.74) is 5.52. The number of benzene rings is 2. The van der Waals surface area contributed by atoms with Gasteiger partial charge in [0, 0.05) is 29.9 Å². The van der Waals surface area contributed by atoms with E-state index in [1.54, 1.807) is 0 Å². The number of nitrogens with one attached hydrogen (secondary N) is 1. The maximum absolute atomic E-state index is 13.1. The first-order valence-corrected chi connectivity index (χ1v) is 12.3. The lowest BCUT2D eigenvalue weighted by atomic mass is 9.94. The maximum Gasteiger partial charge on any atom is 0.224 e. The second-order valence-corrected chi connectivity index (χ2v) is 8.85. The van der Waals surface area contributed by atoms with Crippen LogP contribution in [0.2, 0.25) is 0 Å². The molecule has 0 radical (unpaired) electrons. The van der Waals surface area contributed by atoms with Crippen LogP contribution in [-0.4, -0.2) is 25.6 Å². The molecular formula is C28H37N3O2. The lowest BCUT2D eigenvalue weighted by molar-refractivity contribution is -0.121. The zero-order valence-electron chi connectivity index (χ0n) is 20.3. The Hall–Kier alpha value is -3.00. The molecule has 5 heteroatoms. The summed E-state index contributed by atoms with van der Waals surface area (Å²) in [5, 5.41) is 12.4. The zero-order chi connectivity index (χ0) is 23.6. The Labute approximate surface area is 198 Å². The Bertz CT molecular complexity index is 974. The number of hydrogen-bond acceptors (Lipinski definition) is 4. The second kappa shape index (κ2) is 12.3. The Morgan fingerprint density at radius 2 is 1.97 bits per heavy atom. The average molecular weight is 448 g/mol. The van der Waals surface area contributed by atoms with Gasteiger partial charge < -0.3 is 15.0 Å². The van der Waals surface area contributed by atoms with Crippen molar-refractivity contribution in [1.82, 2.24) is 5.32 Å². The van der Waals surface area contributed by atoms with Crippen molar-refractivity contribution < 1.29 is 9.53 Å². The maximum atomic E-state index is 13.1. The molecule has 0 spiro atoms. The highest BCUT2D eigenvalue weighted by Gasteiger charge is 2.23. The van der Waals surface area contributed by atoms with Crippen LogP contribution in [0.15, 0.2) is 36.4 Å². The Kier molecular flexibility index (Phi) is 9.18. The summed E-state index contributed by atoms with van der Waals surface area (Å²) >= 11 is 0. The topological polar surface area (TPSA) is 65.4 Å². The lowest BCUT2D eigenvalue weighted by Gasteiger charge is -2.33. The Morgan fingerprint density at radius 1 is 1.18 bits per heavy atom. The number of ether oxygens (including phenoxy) is 1. The average Bonchev–Trinajstić information content (AvgIpc) is 2.81. The van der Waals surface area contributed by atoms with Crippen molar-refractivity contribution in [3.05, 3.63) is 58.7 Å². The normalized spacial score (nSPS) is 14.4. The van der Waals surface area contributed by atoms with E-state index in [-0.39, 0.29) is 18.4 Å². The summed E-state index contributed by atoms with van der Waals surface area (Å²) in [6, 6.07) is 14.4. The van der Waals surface area contributed by atoms with Crippen LogP contribution < -0.4 is 15.0 Å². The predicted octanol–water partition coefficient (Wildman–Crippen LogP) is 5.65. The minimum atomic E-state index is -0.00940. The van der Waals surface area contributed by atoms with E-state index in [0.717, 1.165) is 37.1 Å². The van der Waals surface area contributed by atoms with Gasteiger partial charge in [0.15, 0.2) is 0 Å². The highest BCUT2D eigenvalue weighted by molar-refractivity contribution is 5.79. The number of carbonyl (C=O) groups is 1. The van der Waals surface area contributed by atoms with Gasteiger partial charge in [0.05, 0.1) is 31.6 Å². The van der Waals surface area contributed by atoms with Crippen LogP contribution in [0.4, 0.5) is 5.69 Å². The van der Waals surface area contributed by atoms with Crippen LogP contribution in [-0.2, 0) is 17.6 Å². The van der Waals surface area contributed by atoms with Crippen LogP contribution in [0.25, 0.3) is 0 Å². The second-order valence-electron chi connectivity index (χ2n) is 8.85. The molecule has 5 nitrogen and oxygen atoms in total. The largest absolute Gasteiger partial charge is 0.494 e. The van der Waals surface area contributed by atoms with Crippen molar-refractivity contribution in [3.63, 3.8) is 0 Å². The van der Waals surface area contributed by atoms with E-state index in [0.29, 0.717) is 18.8 Å². The molecule has 1 unspecified atom stereocenters. The first kappa shape index (κ1) is 24.6. The molecule has 1 saturated heterocycles. The number of nitrogens with zero attached hydrogens (tertiary/aromatic N) is 2. The molecule has 1 heterocycles. The summed E-state index contributed by atoms with van der Waals surface area (Å²) in [5.74, 6) is 0.706. The fraction of sp³-hybridized carbons (Fsp3) is 0.500. The fourth-order valence-corrected chi connectivity index (χ4v) is 4.77. The van der Waals surface area contributed by atoms with Crippen molar-refractivity contribution in [3.8, 4) is 11.8 Å². The third-order valence-electron chi connectivity index (χ3n) is 6.32. The summed E-state index contributed by atoms with van der Waals surface area (Å²) in [7, 11) is 0. The van der Waals surface area contributed by atoms with Gasteiger partial charge in [-0.1, -0.05) is 37.6 Å². The van der Waals surface area contributed by atoms with Gasteiger partial charge in [0.2, 0.25) is 5.91 Å². The Balaban J connectivity index is 1.80. The standard InChI is InChI=1S/C28H37N3O2/c1-4-10-24(28-21(3)11-9-12-25(28)31-17-7-6-8-18-31)30-27(32)20-22-13-14-23(15-16-29)26(19-22)33-5-2/h9,11-14,19,24H,4-8,10,15,17-18,20H2,1-3H3,(H,30,32). The van der Waals surface area contributed by atoms with E-state index >= 15 is 0 Å². The molecule has 1 aliphatic rings. The number of aryl methyl sites for hydroxylation is 1. The van der Waals surface area contributed by atoms with Crippen molar-refractivity contribution in [2.45, 2.75) is 71.8 Å². The van der Waals surface area contributed by atoms with Crippen LogP contribution >= 0.6 is 0 Å². The third kappa shape index (κ3) is 6.51. The first-order valence-electron chi connectivity index (χ1n) is 12.3. The zero-order valence-corrected chi connectivity index (χ0v) is 20.3. The number of piperidine rings is 1. The number of anilines is 1. The Morgan fingerprint density at radius 3 is 2.67 bits per heavy atom. The quantitative estimate of drug-likeness (QED) is 0.511. The summed E-state index contributed by atoms with van der Waals surface area (Å²) in [6.45, 7) is 8.93. The minimum absolute atomic E-state index is 0.00940. The molecule has 1 atom stereocenters. The van der Waals surface area contributed by atoms with Crippen molar-refractivity contribution in [2.75, 3.05) is 24.6 Å². The van der Waals surface area contributed by atoms with Gasteiger partial charge in [-0.05, 0) is 62.8 Å². The molecule has 1 fully saturated rings. The van der Waals surface area contributed by atoms with Gasteiger partial charge in [-0.15, -0.1) is 0 Å². The molecule has 3 rings (SSSR count). The van der Waals surface area contributed by atoms with E-state index in [4.69, 9.17) is 10.00 Å². The predicted molar refractivity (Wildman–Crippen MR) is 134 cm³/mol. The minimum Gasteiger partial charge on any atom is -0.494 e. The smallest absolute Gasteiger partial charge is 0.224 e. The highest BCUT2D eigenvalue weighted by Crippen LogP contribution is 2.34. The van der Waals surface area contributed by atoms with Gasteiger partial charge in [-0.25, -0.2) is 0 Å².